The molecule has 0 aromatic rings. The van der Waals surface area contributed by atoms with Crippen LogP contribution in [0.5, 0.6) is 0 Å². The fourth-order valence-corrected chi connectivity index (χ4v) is 0.810. The van der Waals surface area contributed by atoms with E-state index in [-0.39, 0.29) is 6.61 Å². The number of rotatable bonds is 4. The Bertz CT molecular complexity index is 382. The van der Waals surface area contributed by atoms with Gasteiger partial charge in [0, 0.05) is 6.08 Å². The van der Waals surface area contributed by atoms with Crippen molar-refractivity contribution in [1.82, 2.24) is 0 Å². The monoisotopic (exact) mass is 232 g/mol. The highest BCUT2D eigenvalue weighted by molar-refractivity contribution is 7.85. The molecule has 0 aromatic carbocycles. The molecule has 0 amide bonds. The first kappa shape index (κ1) is 13.7. The Hall–Kier alpha value is -1.32. The average molecular weight is 232 g/mol. The molecule has 0 aliphatic heterocycles. The van der Waals surface area contributed by atoms with Crippen LogP contribution in [-0.2, 0) is 23.8 Å². The van der Waals surface area contributed by atoms with Crippen LogP contribution in [-0.4, -0.2) is 33.9 Å². The molecule has 0 saturated heterocycles. The van der Waals surface area contributed by atoms with Gasteiger partial charge in [-0.1, -0.05) is 11.8 Å². The van der Waals surface area contributed by atoms with Gasteiger partial charge in [-0.2, -0.15) is 8.42 Å². The number of hydrogen-bond donors (Lipinski definition) is 0. The molecule has 0 aliphatic rings. The highest BCUT2D eigenvalue weighted by Gasteiger charge is 1.96. The van der Waals surface area contributed by atoms with Crippen molar-refractivity contribution in [2.24, 2.45) is 0 Å². The summed E-state index contributed by atoms with van der Waals surface area (Å²) in [6.07, 6.45) is 3.35. The first-order chi connectivity index (χ1) is 6.95. The highest BCUT2D eigenvalue weighted by Crippen LogP contribution is 1.84. The van der Waals surface area contributed by atoms with E-state index < -0.39 is 16.1 Å². The van der Waals surface area contributed by atoms with Crippen molar-refractivity contribution in [3.8, 4) is 11.8 Å². The van der Waals surface area contributed by atoms with Crippen molar-refractivity contribution < 1.29 is 22.1 Å². The molecule has 84 valence electrons. The fraction of sp³-hybridized carbons (Fsp3) is 0.444. The van der Waals surface area contributed by atoms with Crippen molar-refractivity contribution in [2.45, 2.75) is 6.92 Å². The molecule has 0 radical (unpaired) electrons. The van der Waals surface area contributed by atoms with Crippen LogP contribution < -0.4 is 0 Å². The molecule has 0 atom stereocenters. The molecule has 15 heavy (non-hydrogen) atoms. The van der Waals surface area contributed by atoms with E-state index in [1.54, 1.807) is 6.92 Å². The van der Waals surface area contributed by atoms with Crippen molar-refractivity contribution in [3.05, 3.63) is 12.2 Å². The second-order valence-corrected chi connectivity index (χ2v) is 4.02. The molecule has 0 N–H and O–H groups in total. The number of allylic oxidation sites excluding steroid dienone is 1. The zero-order chi connectivity index (χ0) is 11.7. The fourth-order valence-electron chi connectivity index (χ4n) is 0.537. The summed E-state index contributed by atoms with van der Waals surface area (Å²) < 4.78 is 29.9. The smallest absolute Gasteiger partial charge is 0.331 e. The Labute approximate surface area is 89.2 Å². The quantitative estimate of drug-likeness (QED) is 0.297. The van der Waals surface area contributed by atoms with E-state index in [4.69, 9.17) is 0 Å². The van der Waals surface area contributed by atoms with Crippen molar-refractivity contribution in [2.75, 3.05) is 19.5 Å². The van der Waals surface area contributed by atoms with E-state index in [0.717, 1.165) is 12.3 Å². The molecular weight excluding hydrogens is 220 g/mol. The van der Waals surface area contributed by atoms with Crippen LogP contribution in [0.15, 0.2) is 12.2 Å². The van der Waals surface area contributed by atoms with E-state index in [1.165, 1.54) is 6.08 Å². The zero-order valence-electron chi connectivity index (χ0n) is 8.52. The van der Waals surface area contributed by atoms with Gasteiger partial charge in [-0.15, -0.1) is 0 Å². The van der Waals surface area contributed by atoms with Gasteiger partial charge in [-0.25, -0.2) is 4.79 Å². The van der Waals surface area contributed by atoms with Crippen LogP contribution in [0, 0.1) is 11.8 Å². The Balaban J connectivity index is 3.86. The van der Waals surface area contributed by atoms with E-state index >= 15 is 0 Å². The minimum atomic E-state index is -3.45. The summed E-state index contributed by atoms with van der Waals surface area (Å²) in [4.78, 5) is 10.7. The molecule has 0 bridgehead atoms. The molecule has 0 fully saturated rings. The number of carbonyl (C=O) groups excluding carboxylic acids is 1. The van der Waals surface area contributed by atoms with E-state index in [2.05, 4.69) is 20.8 Å². The molecular formula is C9H12O5S. The first-order valence-corrected chi connectivity index (χ1v) is 5.93. The third-order valence-corrected chi connectivity index (χ3v) is 1.58. The summed E-state index contributed by atoms with van der Waals surface area (Å²) in [6, 6.07) is 0. The van der Waals surface area contributed by atoms with E-state index in [1.807, 2.05) is 0 Å². The van der Waals surface area contributed by atoms with Gasteiger partial charge in [0.05, 0.1) is 12.9 Å². The topological polar surface area (TPSA) is 69.7 Å². The predicted molar refractivity (Wildman–Crippen MR) is 54.3 cm³/mol. The SMILES string of the molecule is CCOC(=O)C=CC#CCOS(C)(=O)=O. The lowest BCUT2D eigenvalue weighted by Crippen LogP contribution is -2.02. The molecule has 0 heterocycles. The average Bonchev–Trinajstić information content (AvgIpc) is 2.09. The van der Waals surface area contributed by atoms with Gasteiger partial charge in [-0.05, 0) is 13.0 Å². The van der Waals surface area contributed by atoms with Gasteiger partial charge >= 0.3 is 5.97 Å². The van der Waals surface area contributed by atoms with Crippen LogP contribution >= 0.6 is 0 Å². The molecule has 6 heteroatoms. The zero-order valence-corrected chi connectivity index (χ0v) is 9.33. The lowest BCUT2D eigenvalue weighted by molar-refractivity contribution is -0.137. The van der Waals surface area contributed by atoms with Crippen LogP contribution in [0.4, 0.5) is 0 Å². The van der Waals surface area contributed by atoms with Crippen molar-refractivity contribution in [1.29, 1.82) is 0 Å². The van der Waals surface area contributed by atoms with Gasteiger partial charge in [0.2, 0.25) is 0 Å². The van der Waals surface area contributed by atoms with Gasteiger partial charge in [-0.3, -0.25) is 4.18 Å². The summed E-state index contributed by atoms with van der Waals surface area (Å²) in [6.45, 7) is 1.76. The summed E-state index contributed by atoms with van der Waals surface area (Å²) in [5, 5.41) is 0. The summed E-state index contributed by atoms with van der Waals surface area (Å²) in [7, 11) is -3.45. The van der Waals surface area contributed by atoms with Crippen LogP contribution in [0.1, 0.15) is 6.92 Å². The lowest BCUT2D eigenvalue weighted by Gasteiger charge is -1.92. The number of hydrogen-bond acceptors (Lipinski definition) is 5. The number of esters is 1. The third-order valence-electron chi connectivity index (χ3n) is 1.04. The van der Waals surface area contributed by atoms with Crippen LogP contribution in [0.3, 0.4) is 0 Å². The minimum Gasteiger partial charge on any atom is -0.463 e. The van der Waals surface area contributed by atoms with Gasteiger partial charge in [0.25, 0.3) is 10.1 Å². The van der Waals surface area contributed by atoms with Gasteiger partial charge in [0.1, 0.15) is 6.61 Å². The Morgan fingerprint density at radius 2 is 2.13 bits per heavy atom. The molecule has 0 aliphatic carbocycles. The summed E-state index contributed by atoms with van der Waals surface area (Å²) in [5.41, 5.74) is 0. The first-order valence-electron chi connectivity index (χ1n) is 4.12. The highest BCUT2D eigenvalue weighted by atomic mass is 32.2. The van der Waals surface area contributed by atoms with Gasteiger partial charge in [0.15, 0.2) is 0 Å². The maximum atomic E-state index is 10.7. The Kier molecular flexibility index (Phi) is 6.42. The molecule has 0 aromatic heterocycles. The molecule has 5 nitrogen and oxygen atoms in total. The minimum absolute atomic E-state index is 0.230. The van der Waals surface area contributed by atoms with Crippen molar-refractivity contribution in [3.63, 3.8) is 0 Å². The Morgan fingerprint density at radius 1 is 1.47 bits per heavy atom. The Morgan fingerprint density at radius 3 is 2.67 bits per heavy atom. The summed E-state index contributed by atoms with van der Waals surface area (Å²) >= 11 is 0. The summed E-state index contributed by atoms with van der Waals surface area (Å²) in [5.74, 6) is 4.33. The van der Waals surface area contributed by atoms with Crippen molar-refractivity contribution >= 4 is 16.1 Å². The molecule has 0 saturated carbocycles. The van der Waals surface area contributed by atoms with Crippen LogP contribution in [0.25, 0.3) is 0 Å². The second kappa shape index (κ2) is 7.04. The van der Waals surface area contributed by atoms with E-state index in [9.17, 15) is 13.2 Å². The number of ether oxygens (including phenoxy) is 1. The maximum absolute atomic E-state index is 10.7. The normalized spacial score (nSPS) is 10.8. The molecule has 0 rings (SSSR count). The second-order valence-electron chi connectivity index (χ2n) is 2.37. The van der Waals surface area contributed by atoms with Crippen LogP contribution in [0.2, 0.25) is 0 Å². The third kappa shape index (κ3) is 10.6. The molecule has 0 unspecified atom stereocenters. The molecule has 0 spiro atoms. The predicted octanol–water partition coefficient (Wildman–Crippen LogP) is 0.0853. The van der Waals surface area contributed by atoms with Gasteiger partial charge < -0.3 is 4.74 Å². The lowest BCUT2D eigenvalue weighted by atomic mass is 10.5. The standard InChI is InChI=1S/C9H12O5S/c1-3-13-9(10)7-5-4-6-8-14-15(2,11)12/h5,7H,3,8H2,1-2H3. The van der Waals surface area contributed by atoms with E-state index in [0.29, 0.717) is 6.61 Å². The number of carbonyl (C=O) groups is 1. The maximum Gasteiger partial charge on any atom is 0.331 e. The largest absolute Gasteiger partial charge is 0.463 e.